The van der Waals surface area contributed by atoms with Gasteiger partial charge in [-0.3, -0.25) is 4.79 Å². The molecule has 1 aromatic rings. The Morgan fingerprint density at radius 2 is 2.00 bits per heavy atom. The lowest BCUT2D eigenvalue weighted by atomic mass is 9.94. The van der Waals surface area contributed by atoms with E-state index in [1.54, 1.807) is 26.0 Å². The van der Waals surface area contributed by atoms with Crippen molar-refractivity contribution in [2.24, 2.45) is 5.73 Å². The zero-order valence-corrected chi connectivity index (χ0v) is 9.35. The maximum Gasteiger partial charge on any atom is 0.182 e. The predicted molar refractivity (Wildman–Crippen MR) is 58.8 cm³/mol. The molecule has 1 aromatic carbocycles. The van der Waals surface area contributed by atoms with Crippen LogP contribution in [0.15, 0.2) is 18.2 Å². The fraction of sp³-hybridized carbons (Fsp3) is 0.364. The minimum absolute atomic E-state index is 0.0978. The van der Waals surface area contributed by atoms with E-state index in [9.17, 15) is 4.79 Å². The van der Waals surface area contributed by atoms with Crippen LogP contribution in [0.2, 0.25) is 5.02 Å². The zero-order chi connectivity index (χ0) is 10.9. The van der Waals surface area contributed by atoms with Crippen LogP contribution in [0.25, 0.3) is 0 Å². The molecule has 0 amide bonds. The summed E-state index contributed by atoms with van der Waals surface area (Å²) in [6.07, 6.45) is 0. The van der Waals surface area contributed by atoms with Crippen molar-refractivity contribution in [1.29, 1.82) is 0 Å². The molecule has 0 bridgehead atoms. The second-order valence-corrected chi connectivity index (χ2v) is 4.42. The van der Waals surface area contributed by atoms with Gasteiger partial charge in [-0.25, -0.2) is 0 Å². The molecule has 0 heterocycles. The number of ketones is 1. The Balaban J connectivity index is 3.10. The second kappa shape index (κ2) is 3.71. The first kappa shape index (κ1) is 11.2. The molecule has 2 N–H and O–H groups in total. The molecule has 0 aliphatic heterocycles. The summed E-state index contributed by atoms with van der Waals surface area (Å²) in [6, 6.07) is 5.23. The lowest BCUT2D eigenvalue weighted by Gasteiger charge is -2.17. The molecule has 0 saturated heterocycles. The SMILES string of the molecule is Cc1ccc(C(=O)C(C)(C)N)cc1Cl. The Kier molecular flexibility index (Phi) is 2.98. The topological polar surface area (TPSA) is 43.1 Å². The van der Waals surface area contributed by atoms with Crippen LogP contribution in [-0.2, 0) is 0 Å². The number of rotatable bonds is 2. The van der Waals surface area contributed by atoms with Gasteiger partial charge in [-0.1, -0.05) is 23.7 Å². The van der Waals surface area contributed by atoms with E-state index in [0.29, 0.717) is 10.6 Å². The normalized spacial score (nSPS) is 11.5. The van der Waals surface area contributed by atoms with Gasteiger partial charge in [0.1, 0.15) is 0 Å². The van der Waals surface area contributed by atoms with E-state index in [1.165, 1.54) is 0 Å². The molecule has 0 fully saturated rings. The van der Waals surface area contributed by atoms with Crippen LogP contribution in [0.5, 0.6) is 0 Å². The first-order chi connectivity index (χ1) is 6.32. The number of carbonyl (C=O) groups excluding carboxylic acids is 1. The summed E-state index contributed by atoms with van der Waals surface area (Å²) in [6.45, 7) is 5.26. The Labute approximate surface area is 89.1 Å². The molecule has 76 valence electrons. The maximum atomic E-state index is 11.7. The van der Waals surface area contributed by atoms with Crippen molar-refractivity contribution < 1.29 is 4.79 Å². The molecule has 0 spiro atoms. The van der Waals surface area contributed by atoms with Gasteiger partial charge in [-0.2, -0.15) is 0 Å². The molecule has 0 unspecified atom stereocenters. The highest BCUT2D eigenvalue weighted by Crippen LogP contribution is 2.19. The highest BCUT2D eigenvalue weighted by atomic mass is 35.5. The average molecular weight is 212 g/mol. The van der Waals surface area contributed by atoms with Crippen molar-refractivity contribution in [3.05, 3.63) is 34.3 Å². The number of carbonyl (C=O) groups is 1. The van der Waals surface area contributed by atoms with Crippen molar-refractivity contribution in [1.82, 2.24) is 0 Å². The minimum Gasteiger partial charge on any atom is -0.319 e. The lowest BCUT2D eigenvalue weighted by molar-refractivity contribution is 0.0913. The van der Waals surface area contributed by atoms with Gasteiger partial charge >= 0.3 is 0 Å². The van der Waals surface area contributed by atoms with E-state index in [0.717, 1.165) is 5.56 Å². The zero-order valence-electron chi connectivity index (χ0n) is 8.60. The third kappa shape index (κ3) is 2.34. The summed E-state index contributed by atoms with van der Waals surface area (Å²) in [7, 11) is 0. The Morgan fingerprint density at radius 3 is 2.43 bits per heavy atom. The van der Waals surface area contributed by atoms with Gasteiger partial charge in [0.2, 0.25) is 0 Å². The van der Waals surface area contributed by atoms with Crippen LogP contribution < -0.4 is 5.73 Å². The average Bonchev–Trinajstić information content (AvgIpc) is 2.07. The van der Waals surface area contributed by atoms with Crippen molar-refractivity contribution in [3.8, 4) is 0 Å². The maximum absolute atomic E-state index is 11.7. The molecule has 14 heavy (non-hydrogen) atoms. The number of hydrogen-bond donors (Lipinski definition) is 1. The van der Waals surface area contributed by atoms with Crippen molar-refractivity contribution in [3.63, 3.8) is 0 Å². The summed E-state index contributed by atoms with van der Waals surface area (Å²) in [4.78, 5) is 11.7. The molecule has 0 aliphatic carbocycles. The third-order valence-electron chi connectivity index (χ3n) is 2.02. The van der Waals surface area contributed by atoms with Crippen molar-refractivity contribution in [2.45, 2.75) is 26.3 Å². The molecule has 0 radical (unpaired) electrons. The van der Waals surface area contributed by atoms with E-state index in [-0.39, 0.29) is 5.78 Å². The van der Waals surface area contributed by atoms with E-state index in [1.807, 2.05) is 13.0 Å². The smallest absolute Gasteiger partial charge is 0.182 e. The molecule has 0 aromatic heterocycles. The van der Waals surface area contributed by atoms with E-state index in [4.69, 9.17) is 17.3 Å². The summed E-state index contributed by atoms with van der Waals surface area (Å²) in [5, 5.41) is 0.597. The van der Waals surface area contributed by atoms with E-state index < -0.39 is 5.54 Å². The number of Topliss-reactive ketones (excluding diaryl/α,β-unsaturated/α-hetero) is 1. The largest absolute Gasteiger partial charge is 0.319 e. The lowest BCUT2D eigenvalue weighted by Crippen LogP contribution is -2.41. The Morgan fingerprint density at radius 1 is 1.43 bits per heavy atom. The third-order valence-corrected chi connectivity index (χ3v) is 2.43. The monoisotopic (exact) mass is 211 g/mol. The van der Waals surface area contributed by atoms with Gasteiger partial charge in [0.15, 0.2) is 5.78 Å². The summed E-state index contributed by atoms with van der Waals surface area (Å²) in [5.41, 5.74) is 6.38. The molecule has 0 atom stereocenters. The molecule has 1 rings (SSSR count). The molecule has 0 saturated carbocycles. The highest BCUT2D eigenvalue weighted by Gasteiger charge is 2.23. The Hall–Kier alpha value is -0.860. The quantitative estimate of drug-likeness (QED) is 0.765. The molecular formula is C11H14ClNO. The van der Waals surface area contributed by atoms with Crippen LogP contribution in [0.4, 0.5) is 0 Å². The van der Waals surface area contributed by atoms with Gasteiger partial charge in [0.25, 0.3) is 0 Å². The molecule has 0 aliphatic rings. The minimum atomic E-state index is -0.849. The predicted octanol–water partition coefficient (Wildman–Crippen LogP) is 2.57. The van der Waals surface area contributed by atoms with Gasteiger partial charge in [0.05, 0.1) is 5.54 Å². The number of benzene rings is 1. The Bertz CT molecular complexity index is 366. The van der Waals surface area contributed by atoms with Gasteiger partial charge in [-0.15, -0.1) is 0 Å². The first-order valence-electron chi connectivity index (χ1n) is 4.42. The molecule has 3 heteroatoms. The summed E-state index contributed by atoms with van der Waals surface area (Å²) >= 11 is 5.91. The van der Waals surface area contributed by atoms with E-state index in [2.05, 4.69) is 0 Å². The number of nitrogens with two attached hydrogens (primary N) is 1. The highest BCUT2D eigenvalue weighted by molar-refractivity contribution is 6.31. The number of aryl methyl sites for hydroxylation is 1. The van der Waals surface area contributed by atoms with Crippen LogP contribution in [0.3, 0.4) is 0 Å². The second-order valence-electron chi connectivity index (χ2n) is 4.01. The first-order valence-corrected chi connectivity index (χ1v) is 4.80. The van der Waals surface area contributed by atoms with Crippen LogP contribution in [0.1, 0.15) is 29.8 Å². The van der Waals surface area contributed by atoms with E-state index >= 15 is 0 Å². The van der Waals surface area contributed by atoms with Crippen LogP contribution in [-0.4, -0.2) is 11.3 Å². The molecular weight excluding hydrogens is 198 g/mol. The molecule has 2 nitrogen and oxygen atoms in total. The fourth-order valence-electron chi connectivity index (χ4n) is 1.11. The number of hydrogen-bond acceptors (Lipinski definition) is 2. The number of halogens is 1. The van der Waals surface area contributed by atoms with Gasteiger partial charge in [0, 0.05) is 10.6 Å². The summed E-state index contributed by atoms with van der Waals surface area (Å²) < 4.78 is 0. The van der Waals surface area contributed by atoms with Crippen molar-refractivity contribution >= 4 is 17.4 Å². The summed E-state index contributed by atoms with van der Waals surface area (Å²) in [5.74, 6) is -0.0978. The van der Waals surface area contributed by atoms with Gasteiger partial charge in [-0.05, 0) is 32.4 Å². The standard InChI is InChI=1S/C11H14ClNO/c1-7-4-5-8(6-9(7)12)10(14)11(2,3)13/h4-6H,13H2,1-3H3. The van der Waals surface area contributed by atoms with Crippen molar-refractivity contribution in [2.75, 3.05) is 0 Å². The van der Waals surface area contributed by atoms with Crippen LogP contribution >= 0.6 is 11.6 Å². The van der Waals surface area contributed by atoms with Crippen LogP contribution in [0, 0.1) is 6.92 Å². The van der Waals surface area contributed by atoms with Gasteiger partial charge < -0.3 is 5.73 Å². The fourth-order valence-corrected chi connectivity index (χ4v) is 1.29.